The molecular formula is C16H22N2O7S. The molecule has 1 amide bonds. The molecule has 0 radical (unpaired) electrons. The number of nitrogens with zero attached hydrogens (tertiary/aromatic N) is 1. The monoisotopic (exact) mass is 386 g/mol. The molecule has 2 aliphatic rings. The number of benzene rings is 1. The van der Waals surface area contributed by atoms with Crippen molar-refractivity contribution >= 4 is 15.9 Å². The SMILES string of the molecule is COc1ccc(S(=O)(=O)N2CC3(C[C@H]2C(=O)NO)OC(C)[C@H](C)O3)cc1. The van der Waals surface area contributed by atoms with Crippen molar-refractivity contribution in [1.82, 2.24) is 9.79 Å². The zero-order valence-electron chi connectivity index (χ0n) is 14.7. The van der Waals surface area contributed by atoms with Gasteiger partial charge in [-0.1, -0.05) is 0 Å². The first kappa shape index (κ1) is 19.1. The molecule has 2 N–H and O–H groups in total. The second kappa shape index (κ2) is 6.78. The van der Waals surface area contributed by atoms with Gasteiger partial charge >= 0.3 is 0 Å². The van der Waals surface area contributed by atoms with Crippen LogP contribution in [0.3, 0.4) is 0 Å². The van der Waals surface area contributed by atoms with Crippen LogP contribution >= 0.6 is 0 Å². The topological polar surface area (TPSA) is 114 Å². The van der Waals surface area contributed by atoms with E-state index in [4.69, 9.17) is 19.4 Å². The molecule has 1 aromatic rings. The molecule has 26 heavy (non-hydrogen) atoms. The van der Waals surface area contributed by atoms with E-state index in [9.17, 15) is 13.2 Å². The molecule has 0 aromatic heterocycles. The Hall–Kier alpha value is -1.72. The highest BCUT2D eigenvalue weighted by molar-refractivity contribution is 7.89. The molecular weight excluding hydrogens is 364 g/mol. The van der Waals surface area contributed by atoms with Crippen LogP contribution in [-0.2, 0) is 24.3 Å². The lowest BCUT2D eigenvalue weighted by molar-refractivity contribution is -0.161. The third-order valence-corrected chi connectivity index (χ3v) is 6.66. The zero-order chi connectivity index (χ0) is 19.1. The molecule has 1 aromatic carbocycles. The molecule has 0 bridgehead atoms. The van der Waals surface area contributed by atoms with Crippen molar-refractivity contribution in [3.8, 4) is 5.75 Å². The predicted molar refractivity (Wildman–Crippen MR) is 89.0 cm³/mol. The maximum atomic E-state index is 13.1. The van der Waals surface area contributed by atoms with Crippen LogP contribution in [0.25, 0.3) is 0 Å². The van der Waals surface area contributed by atoms with E-state index in [-0.39, 0.29) is 30.1 Å². The molecule has 4 atom stereocenters. The number of amides is 1. The first-order chi connectivity index (χ1) is 12.2. The summed E-state index contributed by atoms with van der Waals surface area (Å²) in [4.78, 5) is 12.1. The largest absolute Gasteiger partial charge is 0.497 e. The summed E-state index contributed by atoms with van der Waals surface area (Å²) in [5.41, 5.74) is 1.53. The van der Waals surface area contributed by atoms with E-state index in [0.29, 0.717) is 5.75 Å². The summed E-state index contributed by atoms with van der Waals surface area (Å²) in [5.74, 6) is -1.54. The maximum absolute atomic E-state index is 13.1. The quantitative estimate of drug-likeness (QED) is 0.571. The van der Waals surface area contributed by atoms with Crippen molar-refractivity contribution in [2.45, 2.75) is 49.2 Å². The standard InChI is InChI=1S/C16H22N2O7S/c1-10-11(2)25-16(24-10)8-14(15(19)17-20)18(9-16)26(21,22)13-6-4-12(23-3)5-7-13/h4-7,10-11,14,20H,8-9H2,1-3H3,(H,17,19)/t10-,11?,14-,16?/m0/s1. The number of rotatable bonds is 4. The van der Waals surface area contributed by atoms with Gasteiger partial charge in [-0.2, -0.15) is 4.31 Å². The van der Waals surface area contributed by atoms with Gasteiger partial charge < -0.3 is 14.2 Å². The lowest BCUT2D eigenvalue weighted by atomic mass is 10.1. The van der Waals surface area contributed by atoms with Crippen LogP contribution in [-0.4, -0.2) is 61.5 Å². The molecule has 10 heteroatoms. The fourth-order valence-electron chi connectivity index (χ4n) is 3.31. The van der Waals surface area contributed by atoms with Crippen LogP contribution in [0.15, 0.2) is 29.2 Å². The second-order valence-electron chi connectivity index (χ2n) is 6.48. The van der Waals surface area contributed by atoms with Crippen LogP contribution < -0.4 is 10.2 Å². The minimum absolute atomic E-state index is 0.00480. The van der Waals surface area contributed by atoms with Crippen LogP contribution in [0.5, 0.6) is 5.75 Å². The van der Waals surface area contributed by atoms with Gasteiger partial charge in [0, 0.05) is 6.42 Å². The van der Waals surface area contributed by atoms with Crippen LogP contribution in [0.1, 0.15) is 20.3 Å². The van der Waals surface area contributed by atoms with Gasteiger partial charge in [-0.3, -0.25) is 10.0 Å². The Balaban J connectivity index is 1.95. The van der Waals surface area contributed by atoms with Gasteiger partial charge in [0.05, 0.1) is 30.8 Å². The van der Waals surface area contributed by atoms with Gasteiger partial charge in [-0.05, 0) is 38.1 Å². The van der Waals surface area contributed by atoms with E-state index >= 15 is 0 Å². The lowest BCUT2D eigenvalue weighted by Crippen LogP contribution is -2.45. The number of hydrogen-bond donors (Lipinski definition) is 2. The van der Waals surface area contributed by atoms with Crippen molar-refractivity contribution in [3.63, 3.8) is 0 Å². The number of methoxy groups -OCH3 is 1. The van der Waals surface area contributed by atoms with Gasteiger partial charge in [-0.25, -0.2) is 13.9 Å². The Morgan fingerprint density at radius 1 is 1.27 bits per heavy atom. The van der Waals surface area contributed by atoms with Crippen LogP contribution in [0, 0.1) is 0 Å². The van der Waals surface area contributed by atoms with E-state index in [1.165, 1.54) is 36.9 Å². The van der Waals surface area contributed by atoms with E-state index in [0.717, 1.165) is 4.31 Å². The first-order valence-corrected chi connectivity index (χ1v) is 9.62. The second-order valence-corrected chi connectivity index (χ2v) is 8.37. The Labute approximate surface area is 151 Å². The first-order valence-electron chi connectivity index (χ1n) is 8.18. The number of carbonyl (C=O) groups is 1. The van der Waals surface area contributed by atoms with E-state index < -0.39 is 27.8 Å². The van der Waals surface area contributed by atoms with E-state index in [2.05, 4.69) is 0 Å². The van der Waals surface area contributed by atoms with Crippen molar-refractivity contribution in [2.75, 3.05) is 13.7 Å². The summed E-state index contributed by atoms with van der Waals surface area (Å²) in [6.45, 7) is 3.50. The molecule has 0 aliphatic carbocycles. The van der Waals surface area contributed by atoms with Crippen molar-refractivity contribution in [3.05, 3.63) is 24.3 Å². The number of hydroxylamine groups is 1. The Bertz CT molecular complexity index is 770. The Morgan fingerprint density at radius 3 is 2.35 bits per heavy atom. The number of nitrogens with one attached hydrogen (secondary N) is 1. The molecule has 9 nitrogen and oxygen atoms in total. The highest BCUT2D eigenvalue weighted by Crippen LogP contribution is 2.41. The zero-order valence-corrected chi connectivity index (χ0v) is 15.5. The smallest absolute Gasteiger partial charge is 0.261 e. The third kappa shape index (κ3) is 3.19. The predicted octanol–water partition coefficient (Wildman–Crippen LogP) is 0.484. The van der Waals surface area contributed by atoms with Crippen molar-refractivity contribution < 1.29 is 32.6 Å². The number of ether oxygens (including phenoxy) is 3. The minimum atomic E-state index is -4.02. The average molecular weight is 386 g/mol. The molecule has 144 valence electrons. The maximum Gasteiger partial charge on any atom is 0.261 e. The van der Waals surface area contributed by atoms with Gasteiger partial charge in [0.15, 0.2) is 5.79 Å². The summed E-state index contributed by atoms with van der Waals surface area (Å²) < 4.78 is 43.9. The molecule has 1 spiro atoms. The molecule has 2 fully saturated rings. The van der Waals surface area contributed by atoms with Gasteiger partial charge in [0.2, 0.25) is 10.0 Å². The summed E-state index contributed by atoms with van der Waals surface area (Å²) in [6, 6.07) is 4.69. The van der Waals surface area contributed by atoms with E-state index in [1.807, 2.05) is 13.8 Å². The molecule has 0 saturated carbocycles. The molecule has 2 aliphatic heterocycles. The third-order valence-electron chi connectivity index (χ3n) is 4.79. The fourth-order valence-corrected chi connectivity index (χ4v) is 4.93. The molecule has 2 heterocycles. The summed E-state index contributed by atoms with van der Waals surface area (Å²) in [5, 5.41) is 9.03. The molecule has 3 rings (SSSR count). The highest BCUT2D eigenvalue weighted by Gasteiger charge is 2.57. The highest BCUT2D eigenvalue weighted by atomic mass is 32.2. The lowest BCUT2D eigenvalue weighted by Gasteiger charge is -2.23. The van der Waals surface area contributed by atoms with Crippen LogP contribution in [0.2, 0.25) is 0 Å². The van der Waals surface area contributed by atoms with Crippen molar-refractivity contribution in [2.24, 2.45) is 0 Å². The fraction of sp³-hybridized carbons (Fsp3) is 0.562. The average Bonchev–Trinajstić information content (AvgIpc) is 3.13. The summed E-state index contributed by atoms with van der Waals surface area (Å²) in [7, 11) is -2.54. The van der Waals surface area contributed by atoms with E-state index in [1.54, 1.807) is 0 Å². The summed E-state index contributed by atoms with van der Waals surface area (Å²) >= 11 is 0. The Kier molecular flexibility index (Phi) is 4.97. The van der Waals surface area contributed by atoms with Gasteiger partial charge in [-0.15, -0.1) is 0 Å². The Morgan fingerprint density at radius 2 is 1.85 bits per heavy atom. The summed E-state index contributed by atoms with van der Waals surface area (Å²) in [6.07, 6.45) is -0.489. The number of sulfonamides is 1. The normalized spacial score (nSPS) is 32.1. The van der Waals surface area contributed by atoms with Gasteiger partial charge in [0.1, 0.15) is 11.8 Å². The molecule has 2 saturated heterocycles. The number of hydrogen-bond acceptors (Lipinski definition) is 7. The molecule has 2 unspecified atom stereocenters. The van der Waals surface area contributed by atoms with Crippen LogP contribution in [0.4, 0.5) is 0 Å². The number of carbonyl (C=O) groups excluding carboxylic acids is 1. The minimum Gasteiger partial charge on any atom is -0.497 e. The van der Waals surface area contributed by atoms with Crippen molar-refractivity contribution in [1.29, 1.82) is 0 Å². The van der Waals surface area contributed by atoms with Gasteiger partial charge in [0.25, 0.3) is 5.91 Å².